The van der Waals surface area contributed by atoms with Gasteiger partial charge in [0.25, 0.3) is 0 Å². The van der Waals surface area contributed by atoms with E-state index in [9.17, 15) is 4.39 Å². The van der Waals surface area contributed by atoms with Gasteiger partial charge in [-0.15, -0.1) is 0 Å². The SMILES string of the molecule is CN(c1ccc(CN)cc1F)C1CCOC1. The van der Waals surface area contributed by atoms with Gasteiger partial charge in [0, 0.05) is 20.2 Å². The molecule has 1 atom stereocenters. The predicted molar refractivity (Wildman–Crippen MR) is 61.9 cm³/mol. The molecule has 0 aliphatic carbocycles. The zero-order valence-corrected chi connectivity index (χ0v) is 9.45. The van der Waals surface area contributed by atoms with Crippen LogP contribution in [0.5, 0.6) is 0 Å². The number of hydrogen-bond acceptors (Lipinski definition) is 3. The van der Waals surface area contributed by atoms with Crippen LogP contribution in [0.4, 0.5) is 10.1 Å². The number of halogens is 1. The van der Waals surface area contributed by atoms with Gasteiger partial charge in [-0.1, -0.05) is 6.07 Å². The molecular weight excluding hydrogens is 207 g/mol. The Hall–Kier alpha value is -1.13. The van der Waals surface area contributed by atoms with Gasteiger partial charge in [-0.05, 0) is 24.1 Å². The van der Waals surface area contributed by atoms with Crippen molar-refractivity contribution in [2.45, 2.75) is 19.0 Å². The fourth-order valence-electron chi connectivity index (χ4n) is 1.99. The molecule has 1 aliphatic heterocycles. The Bertz CT molecular complexity index is 364. The van der Waals surface area contributed by atoms with Crippen LogP contribution in [0.1, 0.15) is 12.0 Å². The highest BCUT2D eigenvalue weighted by molar-refractivity contribution is 5.49. The minimum Gasteiger partial charge on any atom is -0.379 e. The van der Waals surface area contributed by atoms with Crippen LogP contribution in [0, 0.1) is 5.82 Å². The van der Waals surface area contributed by atoms with E-state index in [1.165, 1.54) is 6.07 Å². The number of likely N-dealkylation sites (N-methyl/N-ethyl adjacent to an activating group) is 1. The number of anilines is 1. The Morgan fingerprint density at radius 3 is 2.94 bits per heavy atom. The quantitative estimate of drug-likeness (QED) is 0.845. The largest absolute Gasteiger partial charge is 0.379 e. The highest BCUT2D eigenvalue weighted by Crippen LogP contribution is 2.24. The Labute approximate surface area is 95.0 Å². The van der Waals surface area contributed by atoms with Crippen LogP contribution in [0.2, 0.25) is 0 Å². The minimum absolute atomic E-state index is 0.211. The monoisotopic (exact) mass is 224 g/mol. The maximum absolute atomic E-state index is 13.8. The molecular formula is C12H17FN2O. The summed E-state index contributed by atoms with van der Waals surface area (Å²) in [5, 5.41) is 0. The molecule has 16 heavy (non-hydrogen) atoms. The van der Waals surface area contributed by atoms with Gasteiger partial charge in [0.15, 0.2) is 0 Å². The Balaban J connectivity index is 2.19. The second-order valence-corrected chi connectivity index (χ2v) is 4.12. The van der Waals surface area contributed by atoms with E-state index in [1.807, 2.05) is 18.0 Å². The van der Waals surface area contributed by atoms with Crippen molar-refractivity contribution >= 4 is 5.69 Å². The number of nitrogens with zero attached hydrogens (tertiary/aromatic N) is 1. The number of nitrogens with two attached hydrogens (primary N) is 1. The summed E-state index contributed by atoms with van der Waals surface area (Å²) < 4.78 is 19.1. The van der Waals surface area contributed by atoms with Crippen molar-refractivity contribution < 1.29 is 9.13 Å². The second kappa shape index (κ2) is 4.80. The van der Waals surface area contributed by atoms with Gasteiger partial charge in [-0.25, -0.2) is 4.39 Å². The third-order valence-corrected chi connectivity index (χ3v) is 3.08. The molecule has 0 radical (unpaired) electrons. The molecule has 0 aromatic heterocycles. The van der Waals surface area contributed by atoms with Gasteiger partial charge in [-0.2, -0.15) is 0 Å². The summed E-state index contributed by atoms with van der Waals surface area (Å²) in [6, 6.07) is 5.43. The van der Waals surface area contributed by atoms with E-state index >= 15 is 0 Å². The van der Waals surface area contributed by atoms with Gasteiger partial charge in [-0.3, -0.25) is 0 Å². The highest BCUT2D eigenvalue weighted by Gasteiger charge is 2.22. The number of hydrogen-bond donors (Lipinski definition) is 1. The van der Waals surface area contributed by atoms with Crippen LogP contribution in [-0.4, -0.2) is 26.3 Å². The molecule has 88 valence electrons. The molecule has 1 heterocycles. The molecule has 1 aromatic rings. The zero-order chi connectivity index (χ0) is 11.5. The molecule has 2 rings (SSSR count). The standard InChI is InChI=1S/C12H17FN2O/c1-15(10-4-5-16-8-10)12-3-2-9(7-14)6-11(12)13/h2-3,6,10H,4-5,7-8,14H2,1H3. The molecule has 0 bridgehead atoms. The Morgan fingerprint density at radius 2 is 2.38 bits per heavy atom. The molecule has 1 unspecified atom stereocenters. The van der Waals surface area contributed by atoms with Gasteiger partial charge < -0.3 is 15.4 Å². The summed E-state index contributed by atoms with van der Waals surface area (Å²) in [7, 11) is 1.90. The van der Waals surface area contributed by atoms with Gasteiger partial charge in [0.2, 0.25) is 0 Å². The molecule has 0 spiro atoms. The second-order valence-electron chi connectivity index (χ2n) is 4.12. The molecule has 0 amide bonds. The van der Waals surface area contributed by atoms with E-state index in [0.29, 0.717) is 18.8 Å². The van der Waals surface area contributed by atoms with Crippen molar-refractivity contribution in [3.63, 3.8) is 0 Å². The maximum atomic E-state index is 13.8. The van der Waals surface area contributed by atoms with Crippen LogP contribution >= 0.6 is 0 Å². The average Bonchev–Trinajstić information content (AvgIpc) is 2.81. The van der Waals surface area contributed by atoms with E-state index in [2.05, 4.69) is 0 Å². The first kappa shape index (κ1) is 11.4. The van der Waals surface area contributed by atoms with Crippen LogP contribution in [-0.2, 0) is 11.3 Å². The molecule has 3 nitrogen and oxygen atoms in total. The van der Waals surface area contributed by atoms with E-state index in [-0.39, 0.29) is 11.9 Å². The lowest BCUT2D eigenvalue weighted by molar-refractivity contribution is 0.193. The van der Waals surface area contributed by atoms with E-state index in [4.69, 9.17) is 10.5 Å². The van der Waals surface area contributed by atoms with Crippen LogP contribution in [0.25, 0.3) is 0 Å². The highest BCUT2D eigenvalue weighted by atomic mass is 19.1. The summed E-state index contributed by atoms with van der Waals surface area (Å²) >= 11 is 0. The fourth-order valence-corrected chi connectivity index (χ4v) is 1.99. The van der Waals surface area contributed by atoms with Crippen molar-refractivity contribution in [3.05, 3.63) is 29.6 Å². The Kier molecular flexibility index (Phi) is 3.41. The lowest BCUT2D eigenvalue weighted by Gasteiger charge is -2.26. The number of ether oxygens (including phenoxy) is 1. The van der Waals surface area contributed by atoms with Gasteiger partial charge in [0.05, 0.1) is 18.3 Å². The first-order chi connectivity index (χ1) is 7.72. The summed E-state index contributed by atoms with van der Waals surface area (Å²) in [4.78, 5) is 1.95. The minimum atomic E-state index is -0.211. The zero-order valence-electron chi connectivity index (χ0n) is 9.45. The lowest BCUT2D eigenvalue weighted by atomic mass is 10.1. The van der Waals surface area contributed by atoms with Crippen LogP contribution in [0.15, 0.2) is 18.2 Å². The first-order valence-electron chi connectivity index (χ1n) is 5.51. The third-order valence-electron chi connectivity index (χ3n) is 3.08. The lowest BCUT2D eigenvalue weighted by Crippen LogP contribution is -2.32. The van der Waals surface area contributed by atoms with Crippen molar-refractivity contribution in [2.75, 3.05) is 25.2 Å². The fraction of sp³-hybridized carbons (Fsp3) is 0.500. The molecule has 1 saturated heterocycles. The molecule has 4 heteroatoms. The molecule has 0 saturated carbocycles. The third kappa shape index (κ3) is 2.18. The van der Waals surface area contributed by atoms with E-state index < -0.39 is 0 Å². The number of rotatable bonds is 3. The molecule has 1 aromatic carbocycles. The van der Waals surface area contributed by atoms with Gasteiger partial charge in [0.1, 0.15) is 5.82 Å². The number of benzene rings is 1. The van der Waals surface area contributed by atoms with E-state index in [1.54, 1.807) is 6.07 Å². The smallest absolute Gasteiger partial charge is 0.146 e. The Morgan fingerprint density at radius 1 is 1.56 bits per heavy atom. The van der Waals surface area contributed by atoms with Crippen molar-refractivity contribution in [1.29, 1.82) is 0 Å². The normalized spacial score (nSPS) is 20.1. The molecule has 1 fully saturated rings. The maximum Gasteiger partial charge on any atom is 0.146 e. The van der Waals surface area contributed by atoms with Gasteiger partial charge >= 0.3 is 0 Å². The van der Waals surface area contributed by atoms with Crippen LogP contribution < -0.4 is 10.6 Å². The van der Waals surface area contributed by atoms with E-state index in [0.717, 1.165) is 18.6 Å². The predicted octanol–water partition coefficient (Wildman–Crippen LogP) is 1.51. The molecule has 1 aliphatic rings. The van der Waals surface area contributed by atoms with Crippen LogP contribution in [0.3, 0.4) is 0 Å². The summed E-state index contributed by atoms with van der Waals surface area (Å²) in [6.07, 6.45) is 0.953. The van der Waals surface area contributed by atoms with Crippen molar-refractivity contribution in [2.24, 2.45) is 5.73 Å². The summed E-state index contributed by atoms with van der Waals surface area (Å²) in [5.74, 6) is -0.211. The summed E-state index contributed by atoms with van der Waals surface area (Å²) in [5.41, 5.74) is 6.90. The molecule has 2 N–H and O–H groups in total. The van der Waals surface area contributed by atoms with Crippen molar-refractivity contribution in [1.82, 2.24) is 0 Å². The first-order valence-corrected chi connectivity index (χ1v) is 5.51. The topological polar surface area (TPSA) is 38.5 Å². The average molecular weight is 224 g/mol. The summed E-state index contributed by atoms with van der Waals surface area (Å²) in [6.45, 7) is 1.81. The van der Waals surface area contributed by atoms with Crippen molar-refractivity contribution in [3.8, 4) is 0 Å².